The number of nitrogens with two attached hydrogens (primary N) is 1. The average Bonchev–Trinajstić information content (AvgIpc) is 2.88. The molecule has 0 unspecified atom stereocenters. The highest BCUT2D eigenvalue weighted by molar-refractivity contribution is 5.96. The number of nitrogens with one attached hydrogen (secondary N) is 1. The third-order valence-electron chi connectivity index (χ3n) is 2.89. The summed E-state index contributed by atoms with van der Waals surface area (Å²) < 4.78 is 1.88. The number of hydrogen-bond donors (Lipinski definition) is 3. The van der Waals surface area contributed by atoms with Gasteiger partial charge >= 0.3 is 0 Å². The molecule has 2 aromatic rings. The Kier molecular flexibility index (Phi) is 4.61. The van der Waals surface area contributed by atoms with Gasteiger partial charge in [0.15, 0.2) is 5.84 Å². The van der Waals surface area contributed by atoms with Gasteiger partial charge in [-0.05, 0) is 11.6 Å². The Morgan fingerprint density at radius 1 is 1.55 bits per heavy atom. The second-order valence-electron chi connectivity index (χ2n) is 4.28. The van der Waals surface area contributed by atoms with Crippen molar-refractivity contribution in [2.75, 3.05) is 6.54 Å². The SMILES string of the molecule is Cn1cnnc1CCNCc1cccnc1C(N)=NO. The van der Waals surface area contributed by atoms with Crippen molar-refractivity contribution >= 4 is 5.84 Å². The molecule has 0 amide bonds. The van der Waals surface area contributed by atoms with Crippen LogP contribution < -0.4 is 11.1 Å². The number of rotatable bonds is 6. The van der Waals surface area contributed by atoms with Gasteiger partial charge in [-0.15, -0.1) is 10.2 Å². The number of hydrogen-bond acceptors (Lipinski definition) is 6. The molecule has 2 heterocycles. The van der Waals surface area contributed by atoms with Crippen LogP contribution in [0.4, 0.5) is 0 Å². The van der Waals surface area contributed by atoms with Crippen LogP contribution in [0.3, 0.4) is 0 Å². The van der Waals surface area contributed by atoms with Crippen LogP contribution in [0.5, 0.6) is 0 Å². The molecule has 0 aliphatic carbocycles. The van der Waals surface area contributed by atoms with Crippen molar-refractivity contribution in [3.8, 4) is 0 Å². The fourth-order valence-electron chi connectivity index (χ4n) is 1.82. The zero-order valence-corrected chi connectivity index (χ0v) is 11.2. The summed E-state index contributed by atoms with van der Waals surface area (Å²) in [6.45, 7) is 1.33. The Morgan fingerprint density at radius 3 is 3.10 bits per heavy atom. The summed E-state index contributed by atoms with van der Waals surface area (Å²) in [6.07, 6.45) is 4.05. The standard InChI is InChI=1S/C12H17N7O/c1-19-8-16-17-10(19)4-6-14-7-9-3-2-5-15-11(9)12(13)18-20/h2-3,5,8,14,20H,4,6-7H2,1H3,(H2,13,18). The van der Waals surface area contributed by atoms with Gasteiger partial charge in [0.25, 0.3) is 0 Å². The van der Waals surface area contributed by atoms with Crippen molar-refractivity contribution < 1.29 is 5.21 Å². The topological polar surface area (TPSA) is 114 Å². The van der Waals surface area contributed by atoms with Crippen molar-refractivity contribution in [1.29, 1.82) is 0 Å². The number of amidine groups is 1. The molecule has 0 atom stereocenters. The summed E-state index contributed by atoms with van der Waals surface area (Å²) in [5.41, 5.74) is 6.95. The second-order valence-corrected chi connectivity index (χ2v) is 4.28. The molecule has 0 aliphatic heterocycles. The van der Waals surface area contributed by atoms with Crippen LogP contribution in [0.25, 0.3) is 0 Å². The summed E-state index contributed by atoms with van der Waals surface area (Å²) in [4.78, 5) is 4.11. The van der Waals surface area contributed by atoms with E-state index in [2.05, 4.69) is 25.7 Å². The summed E-state index contributed by atoms with van der Waals surface area (Å²) in [5.74, 6) is 0.927. The maximum Gasteiger partial charge on any atom is 0.189 e. The van der Waals surface area contributed by atoms with Crippen molar-refractivity contribution in [3.05, 3.63) is 41.7 Å². The first-order valence-electron chi connectivity index (χ1n) is 6.17. The molecule has 4 N–H and O–H groups in total. The first kappa shape index (κ1) is 13.9. The van der Waals surface area contributed by atoms with Gasteiger partial charge in [-0.1, -0.05) is 11.2 Å². The molecule has 0 aromatic carbocycles. The summed E-state index contributed by atoms with van der Waals surface area (Å²) in [5, 5.41) is 22.8. The predicted molar refractivity (Wildman–Crippen MR) is 73.2 cm³/mol. The van der Waals surface area contributed by atoms with E-state index in [-0.39, 0.29) is 5.84 Å². The highest BCUT2D eigenvalue weighted by atomic mass is 16.4. The van der Waals surface area contributed by atoms with Gasteiger partial charge in [0.05, 0.1) is 0 Å². The van der Waals surface area contributed by atoms with E-state index in [1.165, 1.54) is 0 Å². The van der Waals surface area contributed by atoms with Gasteiger partial charge in [-0.2, -0.15) is 0 Å². The van der Waals surface area contributed by atoms with Gasteiger partial charge in [0.2, 0.25) is 0 Å². The predicted octanol–water partition coefficient (Wildman–Crippen LogP) is -0.363. The van der Waals surface area contributed by atoms with E-state index >= 15 is 0 Å². The molecule has 106 valence electrons. The summed E-state index contributed by atoms with van der Waals surface area (Å²) in [6, 6.07) is 3.70. The number of pyridine rings is 1. The number of nitrogens with zero attached hydrogens (tertiary/aromatic N) is 5. The minimum atomic E-state index is 0.00991. The number of oxime groups is 1. The van der Waals surface area contributed by atoms with Crippen LogP contribution in [-0.2, 0) is 20.0 Å². The fourth-order valence-corrected chi connectivity index (χ4v) is 1.82. The monoisotopic (exact) mass is 275 g/mol. The van der Waals surface area contributed by atoms with E-state index in [0.717, 1.165) is 24.4 Å². The lowest BCUT2D eigenvalue weighted by molar-refractivity contribution is 0.318. The Labute approximate surface area is 116 Å². The second kappa shape index (κ2) is 6.62. The number of aryl methyl sites for hydroxylation is 1. The van der Waals surface area contributed by atoms with Gasteiger partial charge < -0.3 is 20.8 Å². The Morgan fingerprint density at radius 2 is 2.40 bits per heavy atom. The molecule has 0 bridgehead atoms. The highest BCUT2D eigenvalue weighted by Crippen LogP contribution is 2.04. The maximum atomic E-state index is 8.72. The van der Waals surface area contributed by atoms with E-state index < -0.39 is 0 Å². The van der Waals surface area contributed by atoms with Crippen molar-refractivity contribution in [2.45, 2.75) is 13.0 Å². The minimum Gasteiger partial charge on any atom is -0.409 e. The average molecular weight is 275 g/mol. The molecule has 20 heavy (non-hydrogen) atoms. The smallest absolute Gasteiger partial charge is 0.189 e. The lowest BCUT2D eigenvalue weighted by atomic mass is 10.2. The van der Waals surface area contributed by atoms with Crippen molar-refractivity contribution in [1.82, 2.24) is 25.1 Å². The Bertz CT molecular complexity index is 593. The van der Waals surface area contributed by atoms with Crippen LogP contribution in [0.15, 0.2) is 29.8 Å². The molecule has 0 aliphatic rings. The normalized spacial score (nSPS) is 11.8. The van der Waals surface area contributed by atoms with Gasteiger partial charge in [-0.25, -0.2) is 0 Å². The molecule has 0 saturated carbocycles. The molecule has 0 radical (unpaired) electrons. The largest absolute Gasteiger partial charge is 0.409 e. The Hall–Kier alpha value is -2.48. The summed E-state index contributed by atoms with van der Waals surface area (Å²) >= 11 is 0. The third-order valence-corrected chi connectivity index (χ3v) is 2.89. The molecular formula is C12H17N7O. The van der Waals surface area contributed by atoms with E-state index in [4.69, 9.17) is 10.9 Å². The lowest BCUT2D eigenvalue weighted by Crippen LogP contribution is -2.23. The van der Waals surface area contributed by atoms with Crippen LogP contribution in [-0.4, -0.2) is 37.3 Å². The van der Waals surface area contributed by atoms with Crippen LogP contribution in [0.2, 0.25) is 0 Å². The van der Waals surface area contributed by atoms with Gasteiger partial charge in [0, 0.05) is 32.8 Å². The first-order valence-corrected chi connectivity index (χ1v) is 6.17. The van der Waals surface area contributed by atoms with E-state index in [1.54, 1.807) is 12.5 Å². The lowest BCUT2D eigenvalue weighted by Gasteiger charge is -2.08. The molecule has 0 fully saturated rings. The zero-order valence-electron chi connectivity index (χ0n) is 11.2. The highest BCUT2D eigenvalue weighted by Gasteiger charge is 2.07. The van der Waals surface area contributed by atoms with Crippen molar-refractivity contribution in [3.63, 3.8) is 0 Å². The van der Waals surface area contributed by atoms with Crippen LogP contribution in [0, 0.1) is 0 Å². The third kappa shape index (κ3) is 3.29. The van der Waals surface area contributed by atoms with Gasteiger partial charge in [-0.3, -0.25) is 4.98 Å². The minimum absolute atomic E-state index is 0.00991. The zero-order chi connectivity index (χ0) is 14.4. The van der Waals surface area contributed by atoms with Crippen LogP contribution in [0.1, 0.15) is 17.1 Å². The molecular weight excluding hydrogens is 258 g/mol. The molecule has 8 nitrogen and oxygen atoms in total. The first-order chi connectivity index (χ1) is 9.72. The fraction of sp³-hybridized carbons (Fsp3) is 0.333. The van der Waals surface area contributed by atoms with E-state index in [0.29, 0.717) is 12.2 Å². The van der Waals surface area contributed by atoms with E-state index in [1.807, 2.05) is 23.7 Å². The molecule has 8 heteroatoms. The molecule has 0 saturated heterocycles. The van der Waals surface area contributed by atoms with Crippen molar-refractivity contribution in [2.24, 2.45) is 17.9 Å². The van der Waals surface area contributed by atoms with E-state index in [9.17, 15) is 0 Å². The number of aromatic nitrogens is 4. The van der Waals surface area contributed by atoms with Gasteiger partial charge in [0.1, 0.15) is 17.8 Å². The Balaban J connectivity index is 1.90. The quantitative estimate of drug-likeness (QED) is 0.218. The maximum absolute atomic E-state index is 8.72. The molecule has 0 spiro atoms. The molecule has 2 rings (SSSR count). The molecule has 2 aromatic heterocycles. The van der Waals surface area contributed by atoms with Crippen LogP contribution >= 0.6 is 0 Å². The summed E-state index contributed by atoms with van der Waals surface area (Å²) in [7, 11) is 1.91.